The van der Waals surface area contributed by atoms with Gasteiger partial charge in [0, 0.05) is 25.3 Å². The Morgan fingerprint density at radius 3 is 2.57 bits per heavy atom. The number of rotatable bonds is 5. The van der Waals surface area contributed by atoms with Gasteiger partial charge in [0.05, 0.1) is 18.8 Å². The molecule has 1 saturated heterocycles. The Kier molecular flexibility index (Phi) is 5.95. The van der Waals surface area contributed by atoms with Gasteiger partial charge in [0.15, 0.2) is 0 Å². The number of nitrogens with zero attached hydrogens (tertiary/aromatic N) is 1. The first-order chi connectivity index (χ1) is 10.9. The lowest BCUT2D eigenvalue weighted by Gasteiger charge is -2.35. The van der Waals surface area contributed by atoms with E-state index in [2.05, 4.69) is 24.1 Å². The van der Waals surface area contributed by atoms with Gasteiger partial charge in [0.2, 0.25) is 5.91 Å². The molecule has 3 amide bonds. The number of carbonyl (C=O) groups excluding carboxylic acids is 2. The number of anilines is 1. The summed E-state index contributed by atoms with van der Waals surface area (Å²) >= 11 is 0. The summed E-state index contributed by atoms with van der Waals surface area (Å²) in [6.07, 6.45) is 0.417. The van der Waals surface area contributed by atoms with Crippen LogP contribution < -0.4 is 16.4 Å². The van der Waals surface area contributed by atoms with E-state index in [9.17, 15) is 9.59 Å². The van der Waals surface area contributed by atoms with Crippen LogP contribution in [0.25, 0.3) is 0 Å². The molecule has 7 heteroatoms. The molecule has 2 rings (SSSR count). The maximum Gasteiger partial charge on any atom is 0.318 e. The lowest BCUT2D eigenvalue weighted by atomic mass is 10.1. The zero-order valence-corrected chi connectivity index (χ0v) is 13.5. The van der Waals surface area contributed by atoms with Crippen LogP contribution >= 0.6 is 0 Å². The third-order valence-electron chi connectivity index (χ3n) is 3.61. The molecule has 1 aliphatic rings. The molecule has 0 aliphatic carbocycles. The van der Waals surface area contributed by atoms with E-state index < -0.39 is 11.9 Å². The van der Waals surface area contributed by atoms with Crippen molar-refractivity contribution >= 4 is 17.6 Å². The second-order valence-electron chi connectivity index (χ2n) is 5.87. The van der Waals surface area contributed by atoms with Crippen LogP contribution in [0, 0.1) is 0 Å². The van der Waals surface area contributed by atoms with Crippen molar-refractivity contribution in [1.82, 2.24) is 10.2 Å². The first-order valence-electron chi connectivity index (χ1n) is 7.73. The van der Waals surface area contributed by atoms with Gasteiger partial charge in [-0.1, -0.05) is 18.2 Å². The van der Waals surface area contributed by atoms with E-state index in [0.717, 1.165) is 30.9 Å². The monoisotopic (exact) mass is 320 g/mol. The van der Waals surface area contributed by atoms with Crippen molar-refractivity contribution in [3.63, 3.8) is 0 Å². The largest absolute Gasteiger partial charge is 0.376 e. The number of imide groups is 1. The van der Waals surface area contributed by atoms with Gasteiger partial charge in [-0.3, -0.25) is 15.0 Å². The van der Waals surface area contributed by atoms with Crippen LogP contribution in [-0.2, 0) is 16.1 Å². The third-order valence-corrected chi connectivity index (χ3v) is 3.61. The highest BCUT2D eigenvalue weighted by molar-refractivity contribution is 5.95. The molecule has 126 valence electrons. The number of para-hydroxylation sites is 1. The second-order valence-corrected chi connectivity index (χ2v) is 5.87. The summed E-state index contributed by atoms with van der Waals surface area (Å²) in [4.78, 5) is 24.5. The van der Waals surface area contributed by atoms with E-state index in [0.29, 0.717) is 0 Å². The molecule has 7 nitrogen and oxygen atoms in total. The van der Waals surface area contributed by atoms with Crippen LogP contribution in [0.2, 0.25) is 0 Å². The highest BCUT2D eigenvalue weighted by Crippen LogP contribution is 2.20. The summed E-state index contributed by atoms with van der Waals surface area (Å²) in [7, 11) is 0. The number of primary amides is 1. The fourth-order valence-corrected chi connectivity index (χ4v) is 2.84. The van der Waals surface area contributed by atoms with E-state index in [-0.39, 0.29) is 18.8 Å². The quantitative estimate of drug-likeness (QED) is 0.749. The number of ether oxygens (including phenoxy) is 1. The number of benzene rings is 1. The predicted molar refractivity (Wildman–Crippen MR) is 87.9 cm³/mol. The molecule has 1 aromatic carbocycles. The number of nitrogens with one attached hydrogen (secondary N) is 2. The number of carbonyl (C=O) groups is 2. The molecule has 0 bridgehead atoms. The van der Waals surface area contributed by atoms with Crippen LogP contribution in [0.15, 0.2) is 24.3 Å². The fourth-order valence-electron chi connectivity index (χ4n) is 2.84. The number of morpholine rings is 1. The van der Waals surface area contributed by atoms with E-state index in [4.69, 9.17) is 10.5 Å². The van der Waals surface area contributed by atoms with Crippen molar-refractivity contribution < 1.29 is 14.3 Å². The normalized spacial score (nSPS) is 21.7. The number of nitrogens with two attached hydrogens (primary N) is 1. The maximum atomic E-state index is 11.5. The van der Waals surface area contributed by atoms with Gasteiger partial charge < -0.3 is 15.8 Å². The number of hydrogen-bond acceptors (Lipinski definition) is 5. The lowest BCUT2D eigenvalue weighted by molar-refractivity contribution is -0.118. The van der Waals surface area contributed by atoms with Crippen LogP contribution in [0.1, 0.15) is 19.4 Å². The van der Waals surface area contributed by atoms with E-state index in [1.807, 2.05) is 29.6 Å². The van der Waals surface area contributed by atoms with Crippen molar-refractivity contribution in [1.29, 1.82) is 0 Å². The smallest absolute Gasteiger partial charge is 0.318 e. The SMILES string of the molecule is CC1CN(Cc2ccccc2NCC(=O)NC(N)=O)CC(C)O1. The zero-order chi connectivity index (χ0) is 16.8. The Hall–Kier alpha value is -2.12. The van der Waals surface area contributed by atoms with E-state index in [1.165, 1.54) is 0 Å². The molecular formula is C16H24N4O3. The van der Waals surface area contributed by atoms with Crippen molar-refractivity contribution in [2.24, 2.45) is 5.73 Å². The lowest BCUT2D eigenvalue weighted by Crippen LogP contribution is -2.44. The summed E-state index contributed by atoms with van der Waals surface area (Å²) in [5.41, 5.74) is 6.90. The van der Waals surface area contributed by atoms with Crippen LogP contribution in [0.5, 0.6) is 0 Å². The Balaban J connectivity index is 1.97. The highest BCUT2D eigenvalue weighted by Gasteiger charge is 2.22. The van der Waals surface area contributed by atoms with Gasteiger partial charge in [0.25, 0.3) is 0 Å². The Labute approximate surface area is 136 Å². The van der Waals surface area contributed by atoms with E-state index in [1.54, 1.807) is 0 Å². The summed E-state index contributed by atoms with van der Waals surface area (Å²) < 4.78 is 5.75. The van der Waals surface area contributed by atoms with Crippen LogP contribution in [0.4, 0.5) is 10.5 Å². The molecule has 1 aliphatic heterocycles. The van der Waals surface area contributed by atoms with Gasteiger partial charge in [-0.15, -0.1) is 0 Å². The number of urea groups is 1. The predicted octanol–water partition coefficient (Wildman–Crippen LogP) is 0.903. The number of hydrogen-bond donors (Lipinski definition) is 3. The first kappa shape index (κ1) is 17.2. The second kappa shape index (κ2) is 7.94. The molecular weight excluding hydrogens is 296 g/mol. The summed E-state index contributed by atoms with van der Waals surface area (Å²) in [5, 5.41) is 5.09. The standard InChI is InChI=1S/C16H24N4O3/c1-11-8-20(9-12(2)23-11)10-13-5-3-4-6-14(13)18-7-15(21)19-16(17)22/h3-6,11-12,18H,7-10H2,1-2H3,(H3,17,19,21,22). The molecule has 4 N–H and O–H groups in total. The van der Waals surface area contributed by atoms with E-state index >= 15 is 0 Å². The molecule has 0 saturated carbocycles. The average Bonchev–Trinajstić information content (AvgIpc) is 2.44. The van der Waals surface area contributed by atoms with Crippen molar-refractivity contribution in [3.8, 4) is 0 Å². The molecule has 2 unspecified atom stereocenters. The zero-order valence-electron chi connectivity index (χ0n) is 13.5. The minimum Gasteiger partial charge on any atom is -0.376 e. The van der Waals surface area contributed by atoms with Crippen molar-refractivity contribution in [3.05, 3.63) is 29.8 Å². The first-order valence-corrected chi connectivity index (χ1v) is 7.73. The van der Waals surface area contributed by atoms with Crippen molar-refractivity contribution in [2.45, 2.75) is 32.6 Å². The molecule has 1 fully saturated rings. The topological polar surface area (TPSA) is 96.7 Å². The average molecular weight is 320 g/mol. The molecule has 1 heterocycles. The van der Waals surface area contributed by atoms with Gasteiger partial charge in [0.1, 0.15) is 0 Å². The Morgan fingerprint density at radius 1 is 1.26 bits per heavy atom. The van der Waals surface area contributed by atoms with Gasteiger partial charge in [-0.25, -0.2) is 4.79 Å². The summed E-state index contributed by atoms with van der Waals surface area (Å²) in [6, 6.07) is 6.97. The van der Waals surface area contributed by atoms with Crippen LogP contribution in [0.3, 0.4) is 0 Å². The molecule has 0 spiro atoms. The molecule has 1 aromatic rings. The number of amides is 3. The summed E-state index contributed by atoms with van der Waals surface area (Å²) in [6.45, 7) is 6.66. The molecule has 2 atom stereocenters. The Bertz CT molecular complexity index is 554. The Morgan fingerprint density at radius 2 is 1.91 bits per heavy atom. The summed E-state index contributed by atoms with van der Waals surface area (Å²) in [5.74, 6) is -0.457. The highest BCUT2D eigenvalue weighted by atomic mass is 16.5. The van der Waals surface area contributed by atoms with Crippen LogP contribution in [-0.4, -0.2) is 48.7 Å². The maximum absolute atomic E-state index is 11.5. The molecule has 23 heavy (non-hydrogen) atoms. The van der Waals surface area contributed by atoms with Gasteiger partial charge in [-0.2, -0.15) is 0 Å². The third kappa shape index (κ3) is 5.54. The minimum absolute atomic E-state index is 0.00410. The minimum atomic E-state index is -0.846. The molecule has 0 radical (unpaired) electrons. The van der Waals surface area contributed by atoms with Crippen molar-refractivity contribution in [2.75, 3.05) is 25.0 Å². The van der Waals surface area contributed by atoms with Gasteiger partial charge in [-0.05, 0) is 25.5 Å². The van der Waals surface area contributed by atoms with Gasteiger partial charge >= 0.3 is 6.03 Å². The fraction of sp³-hybridized carbons (Fsp3) is 0.500. The molecule has 0 aromatic heterocycles.